The fourth-order valence-corrected chi connectivity index (χ4v) is 2.02. The van der Waals surface area contributed by atoms with Crippen molar-refractivity contribution in [3.05, 3.63) is 30.1 Å². The largest absolute Gasteiger partial charge is 0.325 e. The summed E-state index contributed by atoms with van der Waals surface area (Å²) in [6, 6.07) is 4.80. The Morgan fingerprint density at radius 2 is 2.04 bits per heavy atom. The predicted octanol–water partition coefficient (Wildman–Crippen LogP) is 0.681. The van der Waals surface area contributed by atoms with Crippen LogP contribution in [0.5, 0.6) is 0 Å². The summed E-state index contributed by atoms with van der Waals surface area (Å²) in [6.45, 7) is 3.87. The number of likely N-dealkylation sites (N-methyl/N-ethyl adjacent to an activating group) is 1. The Labute approximate surface area is 140 Å². The maximum atomic E-state index is 12.3. The number of rotatable bonds is 6. The number of carbonyl (C=O) groups excluding carboxylic acids is 2. The van der Waals surface area contributed by atoms with Crippen LogP contribution in [0.15, 0.2) is 24.5 Å². The van der Waals surface area contributed by atoms with Gasteiger partial charge in [-0.2, -0.15) is 0 Å². The first-order valence-electron chi connectivity index (χ1n) is 7.45. The van der Waals surface area contributed by atoms with Gasteiger partial charge in [-0.25, -0.2) is 4.68 Å². The quantitative estimate of drug-likeness (QED) is 0.806. The molecule has 128 valence electrons. The summed E-state index contributed by atoms with van der Waals surface area (Å²) >= 11 is 0. The summed E-state index contributed by atoms with van der Waals surface area (Å²) in [6.07, 6.45) is 1.38. The second kappa shape index (κ2) is 7.64. The molecule has 0 fully saturated rings. The van der Waals surface area contributed by atoms with Gasteiger partial charge in [0.2, 0.25) is 11.8 Å². The van der Waals surface area contributed by atoms with Gasteiger partial charge < -0.3 is 15.5 Å². The number of benzene rings is 1. The van der Waals surface area contributed by atoms with Gasteiger partial charge in [0.1, 0.15) is 12.4 Å². The molecule has 1 aromatic carbocycles. The van der Waals surface area contributed by atoms with E-state index in [0.29, 0.717) is 11.4 Å². The van der Waals surface area contributed by atoms with Crippen LogP contribution in [0.25, 0.3) is 0 Å². The Kier molecular flexibility index (Phi) is 5.59. The molecule has 9 heteroatoms. The van der Waals surface area contributed by atoms with Crippen LogP contribution in [0, 0.1) is 6.92 Å². The van der Waals surface area contributed by atoms with Gasteiger partial charge >= 0.3 is 0 Å². The molecule has 2 N–H and O–H groups in total. The minimum Gasteiger partial charge on any atom is -0.325 e. The zero-order chi connectivity index (χ0) is 17.7. The number of nitrogens with zero attached hydrogens (tertiary/aromatic N) is 5. The van der Waals surface area contributed by atoms with Gasteiger partial charge in [0, 0.05) is 11.4 Å². The van der Waals surface area contributed by atoms with E-state index in [9.17, 15) is 9.59 Å². The lowest BCUT2D eigenvalue weighted by Crippen LogP contribution is -2.27. The zero-order valence-corrected chi connectivity index (χ0v) is 14.1. The van der Waals surface area contributed by atoms with Crippen LogP contribution in [-0.4, -0.2) is 57.6 Å². The molecule has 0 aliphatic rings. The van der Waals surface area contributed by atoms with Crippen LogP contribution in [-0.2, 0) is 9.59 Å². The highest BCUT2D eigenvalue weighted by Gasteiger charge is 2.16. The summed E-state index contributed by atoms with van der Waals surface area (Å²) in [7, 11) is 3.65. The summed E-state index contributed by atoms with van der Waals surface area (Å²) in [4.78, 5) is 25.9. The number of tetrazole rings is 1. The van der Waals surface area contributed by atoms with Gasteiger partial charge in [-0.15, -0.1) is 5.10 Å². The molecule has 1 aromatic heterocycles. The number of carbonyl (C=O) groups is 2. The van der Waals surface area contributed by atoms with E-state index in [1.54, 1.807) is 24.0 Å². The van der Waals surface area contributed by atoms with E-state index in [0.717, 1.165) is 5.56 Å². The lowest BCUT2D eigenvalue weighted by atomic mass is 10.1. The first-order valence-corrected chi connectivity index (χ1v) is 7.45. The summed E-state index contributed by atoms with van der Waals surface area (Å²) in [5.41, 5.74) is 2.16. The Bertz CT molecular complexity index is 713. The Hall–Kier alpha value is -2.81. The average Bonchev–Trinajstić information content (AvgIpc) is 3.03. The highest BCUT2D eigenvalue weighted by atomic mass is 16.2. The molecule has 0 spiro atoms. The molecule has 0 radical (unpaired) electrons. The van der Waals surface area contributed by atoms with Crippen LogP contribution in [0.3, 0.4) is 0 Å². The Morgan fingerprint density at radius 1 is 1.29 bits per heavy atom. The molecule has 1 atom stereocenters. The van der Waals surface area contributed by atoms with E-state index in [4.69, 9.17) is 0 Å². The molecule has 9 nitrogen and oxygen atoms in total. The van der Waals surface area contributed by atoms with Crippen molar-refractivity contribution in [1.82, 2.24) is 25.1 Å². The molecule has 0 aliphatic heterocycles. The SMILES string of the molecule is Cc1ccc(NC(=O)[C@H](C)n2cnnn2)cc1NC(=O)CN(C)C. The minimum atomic E-state index is -0.548. The molecular formula is C15H21N7O2. The molecular weight excluding hydrogens is 310 g/mol. The van der Waals surface area contributed by atoms with E-state index >= 15 is 0 Å². The van der Waals surface area contributed by atoms with Gasteiger partial charge in [-0.05, 0) is 56.1 Å². The van der Waals surface area contributed by atoms with Crippen LogP contribution in [0.2, 0.25) is 0 Å². The third kappa shape index (κ3) is 4.59. The van der Waals surface area contributed by atoms with Crippen molar-refractivity contribution in [1.29, 1.82) is 0 Å². The van der Waals surface area contributed by atoms with Gasteiger partial charge in [0.15, 0.2) is 0 Å². The second-order valence-electron chi connectivity index (χ2n) is 5.77. The fraction of sp³-hybridized carbons (Fsp3) is 0.400. The number of nitrogens with one attached hydrogen (secondary N) is 2. The van der Waals surface area contributed by atoms with Crippen molar-refractivity contribution in [2.24, 2.45) is 0 Å². The first kappa shape index (κ1) is 17.5. The molecule has 1 heterocycles. The molecule has 0 aliphatic carbocycles. The molecule has 0 bridgehead atoms. The van der Waals surface area contributed by atoms with Crippen molar-refractivity contribution in [3.63, 3.8) is 0 Å². The molecule has 0 saturated carbocycles. The fourth-order valence-electron chi connectivity index (χ4n) is 2.02. The highest BCUT2D eigenvalue weighted by Crippen LogP contribution is 2.21. The van der Waals surface area contributed by atoms with E-state index in [1.807, 2.05) is 27.1 Å². The lowest BCUT2D eigenvalue weighted by molar-refractivity contribution is -0.119. The van der Waals surface area contributed by atoms with Crippen molar-refractivity contribution in [3.8, 4) is 0 Å². The normalized spacial score (nSPS) is 12.0. The van der Waals surface area contributed by atoms with E-state index in [2.05, 4.69) is 26.2 Å². The lowest BCUT2D eigenvalue weighted by Gasteiger charge is -2.15. The summed E-state index contributed by atoms with van der Waals surface area (Å²) in [5.74, 6) is -0.370. The summed E-state index contributed by atoms with van der Waals surface area (Å²) < 4.78 is 1.36. The number of aromatic nitrogens is 4. The van der Waals surface area contributed by atoms with Gasteiger partial charge in [-0.1, -0.05) is 6.07 Å². The van der Waals surface area contributed by atoms with Crippen LogP contribution in [0.4, 0.5) is 11.4 Å². The van der Waals surface area contributed by atoms with Gasteiger partial charge in [-0.3, -0.25) is 9.59 Å². The molecule has 2 amide bonds. The zero-order valence-electron chi connectivity index (χ0n) is 14.1. The molecule has 2 rings (SSSR count). The predicted molar refractivity (Wildman–Crippen MR) is 89.5 cm³/mol. The maximum absolute atomic E-state index is 12.3. The van der Waals surface area contributed by atoms with Crippen LogP contribution >= 0.6 is 0 Å². The number of amides is 2. The van der Waals surface area contributed by atoms with Crippen molar-refractivity contribution >= 4 is 23.2 Å². The topological polar surface area (TPSA) is 105 Å². The second-order valence-corrected chi connectivity index (χ2v) is 5.77. The summed E-state index contributed by atoms with van der Waals surface area (Å²) in [5, 5.41) is 16.4. The maximum Gasteiger partial charge on any atom is 0.249 e. The average molecular weight is 331 g/mol. The van der Waals surface area contributed by atoms with Crippen molar-refractivity contribution < 1.29 is 9.59 Å². The Balaban J connectivity index is 2.07. The van der Waals surface area contributed by atoms with E-state index in [1.165, 1.54) is 11.0 Å². The molecule has 2 aromatic rings. The number of aryl methyl sites for hydroxylation is 1. The third-order valence-electron chi connectivity index (χ3n) is 3.38. The number of anilines is 2. The van der Waals surface area contributed by atoms with Crippen molar-refractivity contribution in [2.75, 3.05) is 31.3 Å². The standard InChI is InChI=1S/C15H21N7O2/c1-10-5-6-12(7-13(10)18-14(23)8-21(3)4)17-15(24)11(2)22-9-16-19-20-22/h5-7,9,11H,8H2,1-4H3,(H,17,24)(H,18,23)/t11-/m0/s1. The number of hydrogen-bond donors (Lipinski definition) is 2. The molecule has 24 heavy (non-hydrogen) atoms. The third-order valence-corrected chi connectivity index (χ3v) is 3.38. The van der Waals surface area contributed by atoms with Crippen LogP contribution < -0.4 is 10.6 Å². The number of hydrogen-bond acceptors (Lipinski definition) is 6. The first-order chi connectivity index (χ1) is 11.4. The van der Waals surface area contributed by atoms with E-state index in [-0.39, 0.29) is 18.4 Å². The van der Waals surface area contributed by atoms with Gasteiger partial charge in [0.25, 0.3) is 0 Å². The molecule has 0 unspecified atom stereocenters. The van der Waals surface area contributed by atoms with Crippen molar-refractivity contribution in [2.45, 2.75) is 19.9 Å². The monoisotopic (exact) mass is 331 g/mol. The smallest absolute Gasteiger partial charge is 0.249 e. The van der Waals surface area contributed by atoms with Gasteiger partial charge in [0.05, 0.1) is 6.54 Å². The van der Waals surface area contributed by atoms with E-state index < -0.39 is 6.04 Å². The minimum absolute atomic E-state index is 0.117. The van der Waals surface area contributed by atoms with Crippen LogP contribution in [0.1, 0.15) is 18.5 Å². The highest BCUT2D eigenvalue weighted by molar-refractivity contribution is 5.96. The Morgan fingerprint density at radius 3 is 2.67 bits per heavy atom. The molecule has 0 saturated heterocycles.